The highest BCUT2D eigenvalue weighted by Crippen LogP contribution is 2.18. The molecule has 0 aliphatic carbocycles. The van der Waals surface area contributed by atoms with Crippen LogP contribution in [0.3, 0.4) is 0 Å². The molecule has 0 aromatic heterocycles. The first-order valence-corrected chi connectivity index (χ1v) is 8.14. The maximum atomic E-state index is 11.9. The molecular weight excluding hydrogens is 264 g/mol. The Kier molecular flexibility index (Phi) is 8.63. The van der Waals surface area contributed by atoms with Crippen molar-refractivity contribution in [1.82, 2.24) is 10.6 Å². The van der Waals surface area contributed by atoms with Crippen LogP contribution in [0.4, 0.5) is 4.79 Å². The summed E-state index contributed by atoms with van der Waals surface area (Å²) in [6.45, 7) is 6.07. The number of hydrogen-bond donors (Lipinski definition) is 3. The fraction of sp³-hybridized carbons (Fsp3) is 0.846. The van der Waals surface area contributed by atoms with Gasteiger partial charge in [0.25, 0.3) is 0 Å². The Balaban J connectivity index is 4.51. The van der Waals surface area contributed by atoms with Crippen LogP contribution < -0.4 is 10.6 Å². The standard InChI is InChI=1S/C13H26N2O3S/c1-5-13(6-2,7-3)15-12(18)14-10(11(16)17)8-9-19-4/h10H,5-9H2,1-4H3,(H,16,17)(H2,14,15,18)/t10-/m1/s1. The molecule has 19 heavy (non-hydrogen) atoms. The number of nitrogens with one attached hydrogen (secondary N) is 2. The van der Waals surface area contributed by atoms with E-state index in [9.17, 15) is 9.59 Å². The molecule has 0 aliphatic rings. The Hall–Kier alpha value is -0.910. The summed E-state index contributed by atoms with van der Waals surface area (Å²) in [5.41, 5.74) is -0.243. The average molecular weight is 290 g/mol. The minimum Gasteiger partial charge on any atom is -0.480 e. The quantitative estimate of drug-likeness (QED) is 0.609. The molecule has 112 valence electrons. The van der Waals surface area contributed by atoms with Crippen molar-refractivity contribution in [3.05, 3.63) is 0 Å². The average Bonchev–Trinajstić information content (AvgIpc) is 2.40. The smallest absolute Gasteiger partial charge is 0.326 e. The second-order valence-corrected chi connectivity index (χ2v) is 5.60. The van der Waals surface area contributed by atoms with Crippen LogP contribution in [0.5, 0.6) is 0 Å². The van der Waals surface area contributed by atoms with Crippen LogP contribution in [0.15, 0.2) is 0 Å². The van der Waals surface area contributed by atoms with Crippen molar-refractivity contribution in [1.29, 1.82) is 0 Å². The molecule has 0 radical (unpaired) electrons. The van der Waals surface area contributed by atoms with Gasteiger partial charge in [-0.05, 0) is 37.7 Å². The summed E-state index contributed by atoms with van der Waals surface area (Å²) in [5.74, 6) is -0.281. The third-order valence-electron chi connectivity index (χ3n) is 3.62. The summed E-state index contributed by atoms with van der Waals surface area (Å²) in [6, 6.07) is -1.21. The van der Waals surface area contributed by atoms with Crippen LogP contribution in [0, 0.1) is 0 Å². The van der Waals surface area contributed by atoms with Gasteiger partial charge in [-0.2, -0.15) is 11.8 Å². The third kappa shape index (κ3) is 6.18. The molecule has 2 amide bonds. The Morgan fingerprint density at radius 3 is 2.11 bits per heavy atom. The van der Waals surface area contributed by atoms with Crippen molar-refractivity contribution < 1.29 is 14.7 Å². The van der Waals surface area contributed by atoms with Crippen molar-refractivity contribution in [3.8, 4) is 0 Å². The lowest BCUT2D eigenvalue weighted by Gasteiger charge is -2.32. The molecule has 0 bridgehead atoms. The fourth-order valence-electron chi connectivity index (χ4n) is 1.94. The van der Waals surface area contributed by atoms with Gasteiger partial charge in [0.15, 0.2) is 0 Å². The van der Waals surface area contributed by atoms with E-state index in [-0.39, 0.29) is 11.6 Å². The van der Waals surface area contributed by atoms with E-state index in [1.54, 1.807) is 11.8 Å². The number of carbonyl (C=O) groups excluding carboxylic acids is 1. The van der Waals surface area contributed by atoms with Crippen molar-refractivity contribution in [3.63, 3.8) is 0 Å². The third-order valence-corrected chi connectivity index (χ3v) is 4.27. The van der Waals surface area contributed by atoms with Crippen molar-refractivity contribution in [2.45, 2.75) is 58.0 Å². The van der Waals surface area contributed by atoms with Crippen molar-refractivity contribution in [2.75, 3.05) is 12.0 Å². The van der Waals surface area contributed by atoms with Gasteiger partial charge in [0.1, 0.15) is 6.04 Å². The Morgan fingerprint density at radius 2 is 1.74 bits per heavy atom. The largest absolute Gasteiger partial charge is 0.480 e. The number of urea groups is 1. The summed E-state index contributed by atoms with van der Waals surface area (Å²) in [5, 5.41) is 14.5. The maximum Gasteiger partial charge on any atom is 0.326 e. The second kappa shape index (κ2) is 9.07. The van der Waals surface area contributed by atoms with Crippen LogP contribution >= 0.6 is 11.8 Å². The molecule has 0 spiro atoms. The molecule has 0 unspecified atom stereocenters. The molecule has 0 saturated carbocycles. The number of hydrogen-bond acceptors (Lipinski definition) is 3. The molecule has 0 fully saturated rings. The molecule has 0 rings (SSSR count). The molecule has 5 nitrogen and oxygen atoms in total. The summed E-state index contributed by atoms with van der Waals surface area (Å²) >= 11 is 1.57. The first-order chi connectivity index (χ1) is 8.94. The van der Waals surface area contributed by atoms with Crippen LogP contribution in [0.25, 0.3) is 0 Å². The number of rotatable bonds is 9. The predicted octanol–water partition coefficient (Wildman–Crippen LogP) is 2.46. The van der Waals surface area contributed by atoms with Gasteiger partial charge >= 0.3 is 12.0 Å². The first kappa shape index (κ1) is 18.1. The van der Waals surface area contributed by atoms with Gasteiger partial charge in [0, 0.05) is 5.54 Å². The van der Waals surface area contributed by atoms with Gasteiger partial charge in [0.2, 0.25) is 0 Å². The predicted molar refractivity (Wildman–Crippen MR) is 79.7 cm³/mol. The molecular formula is C13H26N2O3S. The lowest BCUT2D eigenvalue weighted by atomic mass is 9.90. The topological polar surface area (TPSA) is 78.4 Å². The fourth-order valence-corrected chi connectivity index (χ4v) is 2.41. The number of carboxylic acid groups (broad SMARTS) is 1. The highest BCUT2D eigenvalue weighted by atomic mass is 32.2. The monoisotopic (exact) mass is 290 g/mol. The molecule has 0 aromatic carbocycles. The highest BCUT2D eigenvalue weighted by Gasteiger charge is 2.27. The van der Waals surface area contributed by atoms with Gasteiger partial charge in [0.05, 0.1) is 0 Å². The van der Waals surface area contributed by atoms with Crippen LogP contribution in [-0.4, -0.2) is 40.7 Å². The van der Waals surface area contributed by atoms with Gasteiger partial charge in [-0.1, -0.05) is 20.8 Å². The molecule has 0 aromatic rings. The molecule has 0 heterocycles. The van der Waals surface area contributed by atoms with Crippen LogP contribution in [-0.2, 0) is 4.79 Å². The number of thioether (sulfide) groups is 1. The van der Waals surface area contributed by atoms with E-state index in [0.717, 1.165) is 19.3 Å². The molecule has 0 aliphatic heterocycles. The van der Waals surface area contributed by atoms with Crippen molar-refractivity contribution in [2.24, 2.45) is 0 Å². The summed E-state index contributed by atoms with van der Waals surface area (Å²) in [4.78, 5) is 23.0. The van der Waals surface area contributed by atoms with E-state index >= 15 is 0 Å². The summed E-state index contributed by atoms with van der Waals surface area (Å²) in [7, 11) is 0. The molecule has 6 heteroatoms. The minimum absolute atomic E-state index is 0.243. The Morgan fingerprint density at radius 1 is 1.21 bits per heavy atom. The van der Waals surface area contributed by atoms with Gasteiger partial charge in [-0.3, -0.25) is 0 Å². The number of amides is 2. The highest BCUT2D eigenvalue weighted by molar-refractivity contribution is 7.98. The van der Waals surface area contributed by atoms with Crippen LogP contribution in [0.1, 0.15) is 46.5 Å². The Bertz CT molecular complexity index is 285. The normalized spacial score (nSPS) is 12.8. The first-order valence-electron chi connectivity index (χ1n) is 6.75. The van der Waals surface area contributed by atoms with E-state index in [0.29, 0.717) is 12.2 Å². The van der Waals surface area contributed by atoms with Crippen LogP contribution in [0.2, 0.25) is 0 Å². The van der Waals surface area contributed by atoms with Gasteiger partial charge in [-0.25, -0.2) is 9.59 Å². The molecule has 3 N–H and O–H groups in total. The SMILES string of the molecule is CCC(CC)(CC)NC(=O)N[C@H](CCSC)C(=O)O. The summed E-state index contributed by atoms with van der Waals surface area (Å²) in [6.07, 6.45) is 4.83. The van der Waals surface area contributed by atoms with Gasteiger partial charge < -0.3 is 15.7 Å². The van der Waals surface area contributed by atoms with E-state index in [1.807, 2.05) is 27.0 Å². The lowest BCUT2D eigenvalue weighted by molar-refractivity contribution is -0.139. The number of aliphatic carboxylic acids is 1. The lowest BCUT2D eigenvalue weighted by Crippen LogP contribution is -2.54. The molecule has 1 atom stereocenters. The zero-order chi connectivity index (χ0) is 14.9. The number of carboxylic acids is 1. The van der Waals surface area contributed by atoms with E-state index in [4.69, 9.17) is 5.11 Å². The minimum atomic E-state index is -0.987. The van der Waals surface area contributed by atoms with E-state index < -0.39 is 12.0 Å². The Labute approximate surface area is 119 Å². The zero-order valence-corrected chi connectivity index (χ0v) is 13.1. The zero-order valence-electron chi connectivity index (χ0n) is 12.3. The second-order valence-electron chi connectivity index (χ2n) is 4.61. The molecule has 0 saturated heterocycles. The van der Waals surface area contributed by atoms with E-state index in [1.165, 1.54) is 0 Å². The van der Waals surface area contributed by atoms with Crippen molar-refractivity contribution >= 4 is 23.8 Å². The van der Waals surface area contributed by atoms with Gasteiger partial charge in [-0.15, -0.1) is 0 Å². The van der Waals surface area contributed by atoms with E-state index in [2.05, 4.69) is 10.6 Å². The maximum absolute atomic E-state index is 11.9. The summed E-state index contributed by atoms with van der Waals surface area (Å²) < 4.78 is 0. The number of carbonyl (C=O) groups is 2.